The Bertz CT molecular complexity index is 455. The fourth-order valence-electron chi connectivity index (χ4n) is 1.77. The molecule has 1 aromatic carbocycles. The van der Waals surface area contributed by atoms with E-state index >= 15 is 0 Å². The average molecular weight is 281 g/mol. The predicted molar refractivity (Wildman–Crippen MR) is 61.7 cm³/mol. The van der Waals surface area contributed by atoms with Gasteiger partial charge in [-0.15, -0.1) is 0 Å². The summed E-state index contributed by atoms with van der Waals surface area (Å²) in [4.78, 5) is 11.1. The highest BCUT2D eigenvalue weighted by Gasteiger charge is 2.33. The molecule has 0 bridgehead atoms. The third-order valence-corrected chi connectivity index (χ3v) is 2.76. The molecule has 2 nitrogen and oxygen atoms in total. The molecular formula is C12H12ClF3O2. The number of alkyl halides is 3. The molecule has 0 aliphatic rings. The van der Waals surface area contributed by atoms with Gasteiger partial charge in [0.05, 0.1) is 11.5 Å². The van der Waals surface area contributed by atoms with Crippen molar-refractivity contribution in [3.05, 3.63) is 34.3 Å². The zero-order valence-electron chi connectivity index (χ0n) is 9.75. The normalized spacial score (nSPS) is 13.7. The van der Waals surface area contributed by atoms with Gasteiger partial charge >= 0.3 is 12.1 Å². The second-order valence-corrected chi connectivity index (χ2v) is 4.77. The minimum atomic E-state index is -4.54. The molecule has 18 heavy (non-hydrogen) atoms. The number of benzene rings is 1. The second kappa shape index (κ2) is 5.18. The summed E-state index contributed by atoms with van der Waals surface area (Å²) in [6.07, 6.45) is -4.54. The van der Waals surface area contributed by atoms with Crippen LogP contribution in [-0.4, -0.2) is 11.1 Å². The van der Waals surface area contributed by atoms with Crippen LogP contribution in [-0.2, 0) is 11.0 Å². The largest absolute Gasteiger partial charge is 0.481 e. The summed E-state index contributed by atoms with van der Waals surface area (Å²) in [5, 5.41) is 8.94. The Morgan fingerprint density at radius 3 is 2.22 bits per heavy atom. The predicted octanol–water partition coefficient (Wildman–Crippen LogP) is 4.18. The number of carboxylic acid groups (broad SMARTS) is 1. The van der Waals surface area contributed by atoms with Gasteiger partial charge in [0.15, 0.2) is 0 Å². The smallest absolute Gasteiger partial charge is 0.416 e. The maximum atomic E-state index is 12.6. The zero-order valence-corrected chi connectivity index (χ0v) is 10.5. The van der Waals surface area contributed by atoms with Crippen LogP contribution in [0.4, 0.5) is 13.2 Å². The number of rotatable bonds is 3. The van der Waals surface area contributed by atoms with E-state index in [1.165, 1.54) is 6.07 Å². The van der Waals surface area contributed by atoms with Gasteiger partial charge in [-0.3, -0.25) is 4.79 Å². The van der Waals surface area contributed by atoms with Crippen LogP contribution in [0, 0.1) is 5.92 Å². The number of halogens is 4. The maximum Gasteiger partial charge on any atom is 0.416 e. The van der Waals surface area contributed by atoms with Gasteiger partial charge in [-0.05, 0) is 29.7 Å². The number of carboxylic acids is 1. The van der Waals surface area contributed by atoms with Gasteiger partial charge in [0.25, 0.3) is 0 Å². The van der Waals surface area contributed by atoms with Gasteiger partial charge in [-0.1, -0.05) is 25.4 Å². The Kier molecular flexibility index (Phi) is 4.27. The molecule has 0 saturated carbocycles. The molecule has 0 amide bonds. The molecule has 0 radical (unpaired) electrons. The molecule has 0 fully saturated rings. The van der Waals surface area contributed by atoms with E-state index in [1.54, 1.807) is 13.8 Å². The third-order valence-electron chi connectivity index (χ3n) is 2.54. The lowest BCUT2D eigenvalue weighted by Crippen LogP contribution is -2.18. The molecule has 0 heterocycles. The van der Waals surface area contributed by atoms with Gasteiger partial charge in [0.1, 0.15) is 0 Å². The van der Waals surface area contributed by atoms with Crippen LogP contribution >= 0.6 is 11.6 Å². The van der Waals surface area contributed by atoms with Gasteiger partial charge in [0.2, 0.25) is 0 Å². The Hall–Kier alpha value is -1.23. The minimum Gasteiger partial charge on any atom is -0.481 e. The summed E-state index contributed by atoms with van der Waals surface area (Å²) in [7, 11) is 0. The van der Waals surface area contributed by atoms with E-state index < -0.39 is 23.6 Å². The first-order valence-electron chi connectivity index (χ1n) is 5.23. The summed E-state index contributed by atoms with van der Waals surface area (Å²) in [6, 6.07) is 2.88. The zero-order chi connectivity index (χ0) is 14.1. The van der Waals surface area contributed by atoms with Crippen molar-refractivity contribution in [2.45, 2.75) is 25.9 Å². The molecule has 0 aliphatic heterocycles. The summed E-state index contributed by atoms with van der Waals surface area (Å²) in [6.45, 7) is 3.26. The van der Waals surface area contributed by atoms with Gasteiger partial charge < -0.3 is 5.11 Å². The number of carbonyl (C=O) groups is 1. The molecule has 1 unspecified atom stereocenters. The third kappa shape index (κ3) is 3.38. The number of hydrogen-bond acceptors (Lipinski definition) is 1. The molecule has 0 saturated heterocycles. The van der Waals surface area contributed by atoms with Crippen molar-refractivity contribution in [1.82, 2.24) is 0 Å². The van der Waals surface area contributed by atoms with Crippen molar-refractivity contribution < 1.29 is 23.1 Å². The summed E-state index contributed by atoms with van der Waals surface area (Å²) >= 11 is 5.62. The Balaban J connectivity index is 3.32. The van der Waals surface area contributed by atoms with Crippen molar-refractivity contribution in [1.29, 1.82) is 0 Å². The second-order valence-electron chi connectivity index (χ2n) is 4.33. The molecule has 1 N–H and O–H groups in total. The van der Waals surface area contributed by atoms with Crippen LogP contribution in [0.5, 0.6) is 0 Å². The Labute approximate surface area is 107 Å². The van der Waals surface area contributed by atoms with E-state index in [0.717, 1.165) is 12.1 Å². The van der Waals surface area contributed by atoms with Crippen molar-refractivity contribution in [3.63, 3.8) is 0 Å². The summed E-state index contributed by atoms with van der Waals surface area (Å²) < 4.78 is 37.8. The van der Waals surface area contributed by atoms with Crippen LogP contribution in [0.15, 0.2) is 18.2 Å². The van der Waals surface area contributed by atoms with Crippen LogP contribution < -0.4 is 0 Å². The lowest BCUT2D eigenvalue weighted by molar-refractivity contribution is -0.141. The minimum absolute atomic E-state index is 0.0670. The molecule has 1 atom stereocenters. The van der Waals surface area contributed by atoms with Crippen molar-refractivity contribution in [2.75, 3.05) is 0 Å². The molecule has 100 valence electrons. The van der Waals surface area contributed by atoms with E-state index in [4.69, 9.17) is 16.7 Å². The highest BCUT2D eigenvalue weighted by Crippen LogP contribution is 2.35. The monoisotopic (exact) mass is 280 g/mol. The highest BCUT2D eigenvalue weighted by molar-refractivity contribution is 6.30. The molecule has 1 rings (SSSR count). The van der Waals surface area contributed by atoms with E-state index in [2.05, 4.69) is 0 Å². The molecule has 0 aliphatic carbocycles. The first-order valence-corrected chi connectivity index (χ1v) is 5.61. The van der Waals surface area contributed by atoms with E-state index in [-0.39, 0.29) is 16.5 Å². The van der Waals surface area contributed by atoms with Crippen LogP contribution in [0.25, 0.3) is 0 Å². The first kappa shape index (κ1) is 14.8. The molecule has 6 heteroatoms. The SMILES string of the molecule is CC(C)C(C(=O)O)c1cc(Cl)cc(C(F)(F)F)c1. The van der Waals surface area contributed by atoms with Gasteiger partial charge in [0, 0.05) is 5.02 Å². The summed E-state index contributed by atoms with van der Waals surface area (Å²) in [5.74, 6) is -2.51. The first-order chi connectivity index (χ1) is 8.12. The van der Waals surface area contributed by atoms with Crippen molar-refractivity contribution in [3.8, 4) is 0 Å². The van der Waals surface area contributed by atoms with Crippen molar-refractivity contribution >= 4 is 17.6 Å². The quantitative estimate of drug-likeness (QED) is 0.902. The lowest BCUT2D eigenvalue weighted by atomic mass is 9.88. The fourth-order valence-corrected chi connectivity index (χ4v) is 2.01. The Morgan fingerprint density at radius 1 is 1.28 bits per heavy atom. The number of aliphatic carboxylic acids is 1. The van der Waals surface area contributed by atoms with Crippen molar-refractivity contribution in [2.24, 2.45) is 5.92 Å². The van der Waals surface area contributed by atoms with E-state index in [1.807, 2.05) is 0 Å². The highest BCUT2D eigenvalue weighted by atomic mass is 35.5. The molecular weight excluding hydrogens is 269 g/mol. The lowest BCUT2D eigenvalue weighted by Gasteiger charge is -2.18. The standard InChI is InChI=1S/C12H12ClF3O2/c1-6(2)10(11(17)18)7-3-8(12(14,15)16)5-9(13)4-7/h3-6,10H,1-2H3,(H,17,18). The van der Waals surface area contributed by atoms with Gasteiger partial charge in [-0.2, -0.15) is 13.2 Å². The maximum absolute atomic E-state index is 12.6. The number of hydrogen-bond donors (Lipinski definition) is 1. The van der Waals surface area contributed by atoms with E-state index in [9.17, 15) is 18.0 Å². The van der Waals surface area contributed by atoms with Crippen LogP contribution in [0.2, 0.25) is 5.02 Å². The molecule has 1 aromatic rings. The van der Waals surface area contributed by atoms with Crippen LogP contribution in [0.1, 0.15) is 30.9 Å². The Morgan fingerprint density at radius 2 is 1.83 bits per heavy atom. The summed E-state index contributed by atoms with van der Waals surface area (Å²) in [5.41, 5.74) is -0.866. The van der Waals surface area contributed by atoms with Crippen LogP contribution in [0.3, 0.4) is 0 Å². The van der Waals surface area contributed by atoms with Gasteiger partial charge in [-0.25, -0.2) is 0 Å². The average Bonchev–Trinajstić information content (AvgIpc) is 2.13. The fraction of sp³-hybridized carbons (Fsp3) is 0.417. The molecule has 0 aromatic heterocycles. The molecule has 0 spiro atoms. The topological polar surface area (TPSA) is 37.3 Å². The van der Waals surface area contributed by atoms with E-state index in [0.29, 0.717) is 0 Å².